The van der Waals surface area contributed by atoms with Gasteiger partial charge in [0.25, 0.3) is 5.91 Å². The van der Waals surface area contributed by atoms with Gasteiger partial charge in [0.2, 0.25) is 0 Å². The minimum absolute atomic E-state index is 0.0529. The highest BCUT2D eigenvalue weighted by atomic mass is 32.1. The Morgan fingerprint density at radius 2 is 2.22 bits per heavy atom. The van der Waals surface area contributed by atoms with Crippen molar-refractivity contribution in [1.82, 2.24) is 15.2 Å². The summed E-state index contributed by atoms with van der Waals surface area (Å²) in [6.07, 6.45) is 0.714. The third-order valence-corrected chi connectivity index (χ3v) is 5.12. The van der Waals surface area contributed by atoms with Gasteiger partial charge in [0.05, 0.1) is 17.8 Å². The van der Waals surface area contributed by atoms with E-state index in [4.69, 9.17) is 0 Å². The Balaban J connectivity index is 1.67. The lowest BCUT2D eigenvalue weighted by Gasteiger charge is -2.27. The lowest BCUT2D eigenvalue weighted by Crippen LogP contribution is -2.44. The molecule has 0 saturated heterocycles. The summed E-state index contributed by atoms with van der Waals surface area (Å²) in [6, 6.07) is 1.85. The lowest BCUT2D eigenvalue weighted by molar-refractivity contribution is 0.102. The molecule has 0 atom stereocenters. The van der Waals surface area contributed by atoms with E-state index >= 15 is 0 Å². The van der Waals surface area contributed by atoms with Crippen LogP contribution in [0.1, 0.15) is 34.8 Å². The average molecular weight is 350 g/mol. The maximum atomic E-state index is 12.1. The summed E-state index contributed by atoms with van der Waals surface area (Å²) in [5, 5.41) is 10.0. The molecule has 0 unspecified atom stereocenters. The maximum absolute atomic E-state index is 12.1. The molecule has 0 radical (unpaired) electrons. The van der Waals surface area contributed by atoms with Gasteiger partial charge < -0.3 is 10.2 Å². The molecule has 3 rings (SSSR count). The van der Waals surface area contributed by atoms with E-state index in [1.54, 1.807) is 16.3 Å². The molecule has 2 N–H and O–H groups in total. The molecule has 0 fully saturated rings. The van der Waals surface area contributed by atoms with Crippen molar-refractivity contribution in [2.45, 2.75) is 32.9 Å². The summed E-state index contributed by atoms with van der Waals surface area (Å²) in [4.78, 5) is 31.5. The highest BCUT2D eigenvalue weighted by molar-refractivity contribution is 7.16. The number of urea groups is 1. The molecule has 1 aliphatic heterocycles. The van der Waals surface area contributed by atoms with Crippen LogP contribution in [0.15, 0.2) is 16.8 Å². The molecule has 0 bridgehead atoms. The van der Waals surface area contributed by atoms with Crippen LogP contribution < -0.4 is 10.6 Å². The number of nitrogens with zero attached hydrogens (tertiary/aromatic N) is 2. The van der Waals surface area contributed by atoms with E-state index in [1.165, 1.54) is 22.7 Å². The summed E-state index contributed by atoms with van der Waals surface area (Å²) < 4.78 is 0. The molecular weight excluding hydrogens is 332 g/mol. The number of nitrogens with one attached hydrogen (secondary N) is 2. The zero-order chi connectivity index (χ0) is 16.4. The summed E-state index contributed by atoms with van der Waals surface area (Å²) in [7, 11) is 0. The number of hydrogen-bond acceptors (Lipinski definition) is 5. The van der Waals surface area contributed by atoms with E-state index in [2.05, 4.69) is 15.6 Å². The monoisotopic (exact) mass is 350 g/mol. The van der Waals surface area contributed by atoms with Crippen LogP contribution in [0.5, 0.6) is 0 Å². The summed E-state index contributed by atoms with van der Waals surface area (Å²) in [5.41, 5.74) is 1.62. The fraction of sp³-hybridized carbons (Fsp3) is 0.400. The molecule has 0 spiro atoms. The van der Waals surface area contributed by atoms with Crippen LogP contribution in [0.3, 0.4) is 0 Å². The first-order valence-electron chi connectivity index (χ1n) is 7.40. The highest BCUT2D eigenvalue weighted by Gasteiger charge is 2.24. The van der Waals surface area contributed by atoms with Gasteiger partial charge in [-0.15, -0.1) is 0 Å². The van der Waals surface area contributed by atoms with Crippen LogP contribution in [0.25, 0.3) is 0 Å². The fourth-order valence-electron chi connectivity index (χ4n) is 2.32. The summed E-state index contributed by atoms with van der Waals surface area (Å²) in [6.45, 7) is 5.07. The van der Waals surface area contributed by atoms with Crippen molar-refractivity contribution in [2.75, 3.05) is 11.9 Å². The van der Waals surface area contributed by atoms with Crippen LogP contribution in [-0.2, 0) is 13.0 Å². The molecule has 2 aromatic rings. The Labute approximate surface area is 142 Å². The second kappa shape index (κ2) is 6.67. The number of carbonyl (C=O) groups is 2. The first-order chi connectivity index (χ1) is 11.0. The normalized spacial score (nSPS) is 13.8. The topological polar surface area (TPSA) is 74.3 Å². The first-order valence-corrected chi connectivity index (χ1v) is 9.16. The predicted molar refractivity (Wildman–Crippen MR) is 92.2 cm³/mol. The predicted octanol–water partition coefficient (Wildman–Crippen LogP) is 2.93. The minimum Gasteiger partial charge on any atom is -0.336 e. The lowest BCUT2D eigenvalue weighted by atomic mass is 10.2. The van der Waals surface area contributed by atoms with Gasteiger partial charge in [-0.05, 0) is 25.3 Å². The Morgan fingerprint density at radius 3 is 2.91 bits per heavy atom. The molecule has 122 valence electrons. The number of hydrogen-bond donors (Lipinski definition) is 2. The minimum atomic E-state index is -0.147. The van der Waals surface area contributed by atoms with Crippen molar-refractivity contribution in [2.24, 2.45) is 0 Å². The van der Waals surface area contributed by atoms with Crippen LogP contribution in [0.2, 0.25) is 0 Å². The molecule has 2 aromatic heterocycles. The number of amides is 3. The average Bonchev–Trinajstić information content (AvgIpc) is 3.14. The standard InChI is InChI=1S/C15H18N4O2S2/c1-9(2)16-15(21)19-5-3-11-12(7-19)23-14(17-11)18-13(20)10-4-6-22-8-10/h4,6,8-9H,3,5,7H2,1-2H3,(H,16,21)(H,17,18,20). The SMILES string of the molecule is CC(C)NC(=O)N1CCc2nc(NC(=O)c3ccsc3)sc2C1. The molecule has 3 amide bonds. The van der Waals surface area contributed by atoms with Crippen molar-refractivity contribution < 1.29 is 9.59 Å². The number of thiophene rings is 1. The number of fused-ring (bicyclic) bond motifs is 1. The number of aromatic nitrogens is 1. The van der Waals surface area contributed by atoms with E-state index in [1.807, 2.05) is 19.2 Å². The van der Waals surface area contributed by atoms with E-state index in [0.29, 0.717) is 30.2 Å². The van der Waals surface area contributed by atoms with Gasteiger partial charge in [-0.2, -0.15) is 11.3 Å². The molecular formula is C15H18N4O2S2. The number of thiazole rings is 1. The summed E-state index contributed by atoms with van der Waals surface area (Å²) in [5.74, 6) is -0.147. The maximum Gasteiger partial charge on any atom is 0.317 e. The van der Waals surface area contributed by atoms with Crippen LogP contribution >= 0.6 is 22.7 Å². The van der Waals surface area contributed by atoms with Crippen molar-refractivity contribution in [3.05, 3.63) is 33.0 Å². The van der Waals surface area contributed by atoms with Crippen LogP contribution in [0, 0.1) is 0 Å². The van der Waals surface area contributed by atoms with Crippen molar-refractivity contribution in [3.8, 4) is 0 Å². The number of anilines is 1. The Kier molecular flexibility index (Phi) is 4.63. The second-order valence-corrected chi connectivity index (χ2v) is 7.49. The van der Waals surface area contributed by atoms with Crippen LogP contribution in [-0.4, -0.2) is 34.4 Å². The molecule has 0 saturated carbocycles. The smallest absolute Gasteiger partial charge is 0.317 e. The van der Waals surface area contributed by atoms with Crippen molar-refractivity contribution in [1.29, 1.82) is 0 Å². The first kappa shape index (κ1) is 15.9. The molecule has 6 nitrogen and oxygen atoms in total. The van der Waals surface area contributed by atoms with Gasteiger partial charge in [0, 0.05) is 29.3 Å². The number of carbonyl (C=O) groups excluding carboxylic acids is 2. The van der Waals surface area contributed by atoms with Gasteiger partial charge in [-0.25, -0.2) is 9.78 Å². The third kappa shape index (κ3) is 3.70. The largest absolute Gasteiger partial charge is 0.336 e. The van der Waals surface area contributed by atoms with E-state index < -0.39 is 0 Å². The van der Waals surface area contributed by atoms with Gasteiger partial charge in [-0.1, -0.05) is 11.3 Å². The quantitative estimate of drug-likeness (QED) is 0.894. The van der Waals surface area contributed by atoms with Crippen molar-refractivity contribution in [3.63, 3.8) is 0 Å². The fourth-order valence-corrected chi connectivity index (χ4v) is 3.98. The van der Waals surface area contributed by atoms with Gasteiger partial charge >= 0.3 is 6.03 Å². The van der Waals surface area contributed by atoms with Crippen LogP contribution in [0.4, 0.5) is 9.93 Å². The second-order valence-electron chi connectivity index (χ2n) is 5.63. The highest BCUT2D eigenvalue weighted by Crippen LogP contribution is 2.28. The molecule has 0 aromatic carbocycles. The zero-order valence-electron chi connectivity index (χ0n) is 13.0. The molecule has 0 aliphatic carbocycles. The van der Waals surface area contributed by atoms with Gasteiger partial charge in [0.15, 0.2) is 5.13 Å². The summed E-state index contributed by atoms with van der Waals surface area (Å²) >= 11 is 2.92. The van der Waals surface area contributed by atoms with E-state index in [0.717, 1.165) is 10.6 Å². The molecule has 23 heavy (non-hydrogen) atoms. The zero-order valence-corrected chi connectivity index (χ0v) is 14.6. The molecule has 8 heteroatoms. The van der Waals surface area contributed by atoms with Gasteiger partial charge in [0.1, 0.15) is 0 Å². The van der Waals surface area contributed by atoms with E-state index in [-0.39, 0.29) is 18.0 Å². The Morgan fingerprint density at radius 1 is 1.39 bits per heavy atom. The molecule has 1 aliphatic rings. The Bertz CT molecular complexity index is 709. The number of rotatable bonds is 3. The van der Waals surface area contributed by atoms with Crippen molar-refractivity contribution >= 4 is 39.7 Å². The molecule has 3 heterocycles. The van der Waals surface area contributed by atoms with E-state index in [9.17, 15) is 9.59 Å². The third-order valence-electron chi connectivity index (χ3n) is 3.43. The Hall–Kier alpha value is -1.93. The van der Waals surface area contributed by atoms with Gasteiger partial charge in [-0.3, -0.25) is 10.1 Å².